The normalized spacial score (nSPS) is 19.0. The predicted octanol–water partition coefficient (Wildman–Crippen LogP) is 2.05. The Morgan fingerprint density at radius 3 is 1.56 bits per heavy atom. The van der Waals surface area contributed by atoms with Crippen LogP contribution in [0.5, 0.6) is 0 Å². The highest BCUT2D eigenvalue weighted by atomic mass is 19.4. The Morgan fingerprint density at radius 2 is 1.21 bits per heavy atom. The number of halogens is 3. The Morgan fingerprint density at radius 1 is 0.795 bits per heavy atom. The molecule has 0 saturated carbocycles. The molecule has 0 radical (unpaired) electrons. The average Bonchev–Trinajstić information content (AvgIpc) is 3.56. The minimum atomic E-state index is -5.08. The van der Waals surface area contributed by atoms with E-state index in [1.165, 1.54) is 9.80 Å². The summed E-state index contributed by atoms with van der Waals surface area (Å²) in [6.07, 6.45) is -2.41. The number of carbonyl (C=O) groups is 5. The van der Waals surface area contributed by atoms with Gasteiger partial charge in [0, 0.05) is 45.6 Å². The van der Waals surface area contributed by atoms with Gasteiger partial charge in [0.2, 0.25) is 11.8 Å². The third kappa shape index (κ3) is 9.85. The van der Waals surface area contributed by atoms with Crippen molar-refractivity contribution < 1.29 is 52.5 Å². The first-order valence-corrected chi connectivity index (χ1v) is 12.4. The lowest BCUT2D eigenvalue weighted by Crippen LogP contribution is -2.43. The van der Waals surface area contributed by atoms with Gasteiger partial charge in [0.25, 0.3) is 0 Å². The van der Waals surface area contributed by atoms with Gasteiger partial charge in [-0.3, -0.25) is 14.5 Å². The van der Waals surface area contributed by atoms with Crippen molar-refractivity contribution in [1.82, 2.24) is 14.7 Å². The third-order valence-corrected chi connectivity index (χ3v) is 6.49. The summed E-state index contributed by atoms with van der Waals surface area (Å²) in [5, 5.41) is 25.8. The SMILES string of the molecule is O=C(O)C(F)(F)F.O=C(O)[C@H]1CCCN1C(=O)CCN(CCC(=O)N1CCC[C@@H]1C(=O)O)Cc1ccccc1. The zero-order valence-electron chi connectivity index (χ0n) is 21.2. The van der Waals surface area contributed by atoms with Crippen molar-refractivity contribution in [1.29, 1.82) is 0 Å². The van der Waals surface area contributed by atoms with E-state index in [1.54, 1.807) is 0 Å². The number of carboxylic acid groups (broad SMARTS) is 3. The Labute approximate surface area is 222 Å². The molecule has 2 amide bonds. The second kappa shape index (κ2) is 14.5. The maximum atomic E-state index is 12.7. The van der Waals surface area contributed by atoms with E-state index in [0.717, 1.165) is 5.56 Å². The minimum absolute atomic E-state index is 0.173. The number of amides is 2. The van der Waals surface area contributed by atoms with Crippen LogP contribution in [-0.2, 0) is 30.5 Å². The van der Waals surface area contributed by atoms with Crippen molar-refractivity contribution in [2.45, 2.75) is 63.3 Å². The molecule has 0 bridgehead atoms. The molecule has 3 rings (SSSR count). The molecule has 11 nitrogen and oxygen atoms in total. The zero-order valence-corrected chi connectivity index (χ0v) is 21.2. The van der Waals surface area contributed by atoms with Crippen LogP contribution in [0, 0.1) is 0 Å². The van der Waals surface area contributed by atoms with Crippen LogP contribution in [0.4, 0.5) is 13.2 Å². The van der Waals surface area contributed by atoms with E-state index in [9.17, 15) is 42.6 Å². The van der Waals surface area contributed by atoms with Crippen molar-refractivity contribution in [3.8, 4) is 0 Å². The van der Waals surface area contributed by atoms with Gasteiger partial charge >= 0.3 is 24.1 Å². The molecule has 0 spiro atoms. The fourth-order valence-electron chi connectivity index (χ4n) is 4.55. The van der Waals surface area contributed by atoms with Gasteiger partial charge in [-0.15, -0.1) is 0 Å². The number of hydrogen-bond donors (Lipinski definition) is 3. The number of hydrogen-bond acceptors (Lipinski definition) is 6. The quantitative estimate of drug-likeness (QED) is 0.391. The Kier molecular flexibility index (Phi) is 11.7. The van der Waals surface area contributed by atoms with Crippen molar-refractivity contribution in [3.05, 3.63) is 35.9 Å². The summed E-state index contributed by atoms with van der Waals surface area (Å²) in [7, 11) is 0. The van der Waals surface area contributed by atoms with E-state index >= 15 is 0 Å². The van der Waals surface area contributed by atoms with Gasteiger partial charge in [-0.1, -0.05) is 30.3 Å². The molecule has 2 aliphatic heterocycles. The molecule has 216 valence electrons. The third-order valence-electron chi connectivity index (χ3n) is 6.49. The zero-order chi connectivity index (χ0) is 29.2. The van der Waals surface area contributed by atoms with Gasteiger partial charge < -0.3 is 25.1 Å². The molecule has 2 fully saturated rings. The smallest absolute Gasteiger partial charge is 0.480 e. The number of alkyl halides is 3. The summed E-state index contributed by atoms with van der Waals surface area (Å²) in [4.78, 5) is 61.9. The lowest BCUT2D eigenvalue weighted by Gasteiger charge is -2.27. The summed E-state index contributed by atoms with van der Waals surface area (Å²) in [6, 6.07) is 8.20. The molecule has 14 heteroatoms. The van der Waals surface area contributed by atoms with Crippen LogP contribution in [-0.4, -0.2) is 104 Å². The van der Waals surface area contributed by atoms with Crippen LogP contribution in [0.1, 0.15) is 44.1 Å². The van der Waals surface area contributed by atoms with E-state index in [0.29, 0.717) is 58.4 Å². The van der Waals surface area contributed by atoms with Crippen molar-refractivity contribution in [2.75, 3.05) is 26.2 Å². The number of benzene rings is 1. The molecule has 2 atom stereocenters. The summed E-state index contributed by atoms with van der Waals surface area (Å²) < 4.78 is 31.7. The first kappa shape index (κ1) is 31.5. The second-order valence-corrected chi connectivity index (χ2v) is 9.23. The number of likely N-dealkylation sites (tertiary alicyclic amines) is 2. The lowest BCUT2D eigenvalue weighted by molar-refractivity contribution is -0.192. The van der Waals surface area contributed by atoms with Crippen molar-refractivity contribution in [3.63, 3.8) is 0 Å². The number of rotatable bonds is 10. The van der Waals surface area contributed by atoms with E-state index in [1.807, 2.05) is 35.2 Å². The monoisotopic (exact) mass is 559 g/mol. The number of aliphatic carboxylic acids is 3. The standard InChI is InChI=1S/C23H31N3O6.C2HF3O2/c27-20(25-12-4-8-18(25)22(29)30)10-14-24(16-17-6-2-1-3-7-17)15-11-21(28)26-13-5-9-19(26)23(31)32;3-2(4,5)1(6)7/h1-3,6-7,18-19H,4-5,8-16H2,(H,29,30)(H,31,32);(H,6,7)/t18-,19-;/m1./s1. The van der Waals surface area contributed by atoms with Gasteiger partial charge in [-0.05, 0) is 31.2 Å². The van der Waals surface area contributed by atoms with Crippen LogP contribution >= 0.6 is 0 Å². The van der Waals surface area contributed by atoms with Crippen LogP contribution in [0.15, 0.2) is 30.3 Å². The van der Waals surface area contributed by atoms with Gasteiger partial charge in [0.05, 0.1) is 0 Å². The minimum Gasteiger partial charge on any atom is -0.480 e. The van der Waals surface area contributed by atoms with E-state index in [-0.39, 0.29) is 24.7 Å². The van der Waals surface area contributed by atoms with E-state index < -0.39 is 36.2 Å². The second-order valence-electron chi connectivity index (χ2n) is 9.23. The van der Waals surface area contributed by atoms with Gasteiger partial charge in [-0.2, -0.15) is 13.2 Å². The molecule has 2 heterocycles. The average molecular weight is 560 g/mol. The molecular formula is C25H32F3N3O8. The summed E-state index contributed by atoms with van der Waals surface area (Å²) in [6.45, 7) is 2.25. The number of carbonyl (C=O) groups excluding carboxylic acids is 2. The molecule has 1 aromatic carbocycles. The molecule has 1 aromatic rings. The van der Waals surface area contributed by atoms with Gasteiger partial charge in [0.1, 0.15) is 12.1 Å². The van der Waals surface area contributed by atoms with Crippen LogP contribution in [0.2, 0.25) is 0 Å². The molecule has 39 heavy (non-hydrogen) atoms. The van der Waals surface area contributed by atoms with Crippen LogP contribution in [0.3, 0.4) is 0 Å². The Balaban J connectivity index is 0.000000673. The lowest BCUT2D eigenvalue weighted by atomic mass is 10.2. The molecular weight excluding hydrogens is 527 g/mol. The summed E-state index contributed by atoms with van der Waals surface area (Å²) in [5.74, 6) is -5.08. The Hall–Kier alpha value is -3.68. The summed E-state index contributed by atoms with van der Waals surface area (Å²) >= 11 is 0. The molecule has 3 N–H and O–H groups in total. The van der Waals surface area contributed by atoms with Crippen molar-refractivity contribution in [2.24, 2.45) is 0 Å². The summed E-state index contributed by atoms with van der Waals surface area (Å²) in [5.41, 5.74) is 1.04. The maximum Gasteiger partial charge on any atom is 0.490 e. The highest BCUT2D eigenvalue weighted by Crippen LogP contribution is 2.20. The maximum absolute atomic E-state index is 12.7. The van der Waals surface area contributed by atoms with E-state index in [2.05, 4.69) is 0 Å². The largest absolute Gasteiger partial charge is 0.490 e. The molecule has 2 saturated heterocycles. The molecule has 0 aliphatic carbocycles. The van der Waals surface area contributed by atoms with Crippen LogP contribution < -0.4 is 0 Å². The van der Waals surface area contributed by atoms with E-state index in [4.69, 9.17) is 9.90 Å². The first-order valence-electron chi connectivity index (χ1n) is 12.4. The van der Waals surface area contributed by atoms with Crippen molar-refractivity contribution >= 4 is 29.7 Å². The van der Waals surface area contributed by atoms with Gasteiger partial charge in [-0.25, -0.2) is 14.4 Å². The first-order chi connectivity index (χ1) is 18.3. The predicted molar refractivity (Wildman–Crippen MR) is 129 cm³/mol. The highest BCUT2D eigenvalue weighted by Gasteiger charge is 2.38. The number of carboxylic acids is 3. The van der Waals surface area contributed by atoms with Crippen LogP contribution in [0.25, 0.3) is 0 Å². The molecule has 0 aromatic heterocycles. The molecule has 0 unspecified atom stereocenters. The Bertz CT molecular complexity index is 974. The highest BCUT2D eigenvalue weighted by molar-refractivity contribution is 5.85. The number of nitrogens with zero attached hydrogens (tertiary/aromatic N) is 3. The fourth-order valence-corrected chi connectivity index (χ4v) is 4.55. The fraction of sp³-hybridized carbons (Fsp3) is 0.560. The van der Waals surface area contributed by atoms with Gasteiger partial charge in [0.15, 0.2) is 0 Å². The topological polar surface area (TPSA) is 156 Å². The molecule has 2 aliphatic rings.